The second-order valence-corrected chi connectivity index (χ2v) is 14.6. The zero-order valence-electron chi connectivity index (χ0n) is 21.6. The molecule has 0 radical (unpaired) electrons. The lowest BCUT2D eigenvalue weighted by Crippen LogP contribution is -2.46. The number of methoxy groups -OCH3 is 1. The minimum Gasteiger partial charge on any atom is -0.497 e. The van der Waals surface area contributed by atoms with Crippen LogP contribution in [-0.2, 0) is 26.4 Å². The maximum Gasteiger partial charge on any atom is 0.414 e. The van der Waals surface area contributed by atoms with Gasteiger partial charge >= 0.3 is 6.09 Å². The second kappa shape index (κ2) is 9.43. The number of carbonyl (C=O) groups is 2. The molecule has 3 aliphatic rings. The molecular formula is C27H34N2O7Si. The summed E-state index contributed by atoms with van der Waals surface area (Å²) in [4.78, 5) is 40.7. The first kappa shape index (κ1) is 25.7. The predicted molar refractivity (Wildman–Crippen MR) is 140 cm³/mol. The summed E-state index contributed by atoms with van der Waals surface area (Å²) in [5.41, 5.74) is 1.60. The number of fused-ring (bicyclic) bond motifs is 2. The Kier molecular flexibility index (Phi) is 6.55. The van der Waals surface area contributed by atoms with Gasteiger partial charge in [0.2, 0.25) is 0 Å². The highest BCUT2D eigenvalue weighted by atomic mass is 28.4. The second-order valence-electron chi connectivity index (χ2n) is 10.6. The van der Waals surface area contributed by atoms with Crippen LogP contribution < -0.4 is 14.5 Å². The number of nitrogens with zero attached hydrogens (tertiary/aromatic N) is 2. The molecule has 10 heteroatoms. The standard InChI is InChI=1S/C27H34N2O7Si/c1-17-24(37(3,4)33)23(11-13-30)36-27(17)21-15-20(34-2)9-10-22(21)29(25(27)31)16-18-5-7-19(8-6-18)28-12-14-35-26(28)32/h5-10,15,17,23-24,30,33H,11-14,16H2,1-4H3/t17-,23+,24-,27+/m0/s1. The van der Waals surface area contributed by atoms with Crippen molar-refractivity contribution in [2.75, 3.05) is 36.7 Å². The molecule has 4 atom stereocenters. The van der Waals surface area contributed by atoms with Crippen LogP contribution in [0.25, 0.3) is 0 Å². The van der Waals surface area contributed by atoms with Crippen LogP contribution in [0.15, 0.2) is 42.5 Å². The van der Waals surface area contributed by atoms with Crippen molar-refractivity contribution in [1.82, 2.24) is 0 Å². The fraction of sp³-hybridized carbons (Fsp3) is 0.481. The highest BCUT2D eigenvalue weighted by Gasteiger charge is 2.66. The Balaban J connectivity index is 1.52. The van der Waals surface area contributed by atoms with E-state index >= 15 is 0 Å². The Morgan fingerprint density at radius 2 is 1.89 bits per heavy atom. The van der Waals surface area contributed by atoms with Gasteiger partial charge in [-0.1, -0.05) is 19.1 Å². The third-order valence-corrected chi connectivity index (χ3v) is 10.5. The summed E-state index contributed by atoms with van der Waals surface area (Å²) < 4.78 is 17.1. The van der Waals surface area contributed by atoms with Crippen molar-refractivity contribution in [3.05, 3.63) is 53.6 Å². The van der Waals surface area contributed by atoms with Crippen LogP contribution in [0, 0.1) is 5.92 Å². The number of ether oxygens (including phenoxy) is 3. The molecule has 3 aliphatic heterocycles. The molecule has 2 saturated heterocycles. The summed E-state index contributed by atoms with van der Waals surface area (Å²) in [6.07, 6.45) is -0.447. The minimum absolute atomic E-state index is 0.0891. The van der Waals surface area contributed by atoms with Crippen molar-refractivity contribution >= 4 is 31.7 Å². The third-order valence-electron chi connectivity index (χ3n) is 7.95. The van der Waals surface area contributed by atoms with Gasteiger partial charge in [-0.25, -0.2) is 4.79 Å². The lowest BCUT2D eigenvalue weighted by Gasteiger charge is -2.32. The lowest BCUT2D eigenvalue weighted by molar-refractivity contribution is -0.146. The van der Waals surface area contributed by atoms with Crippen molar-refractivity contribution in [2.24, 2.45) is 5.92 Å². The number of benzene rings is 2. The Bertz CT molecular complexity index is 1200. The molecule has 37 heavy (non-hydrogen) atoms. The summed E-state index contributed by atoms with van der Waals surface area (Å²) >= 11 is 0. The number of anilines is 2. The van der Waals surface area contributed by atoms with Crippen molar-refractivity contribution in [1.29, 1.82) is 0 Å². The summed E-state index contributed by atoms with van der Waals surface area (Å²) in [6, 6.07) is 13.1. The molecular weight excluding hydrogens is 492 g/mol. The van der Waals surface area contributed by atoms with E-state index in [9.17, 15) is 19.5 Å². The monoisotopic (exact) mass is 526 g/mol. The van der Waals surface area contributed by atoms with E-state index in [4.69, 9.17) is 14.2 Å². The van der Waals surface area contributed by atoms with Gasteiger partial charge in [-0.2, -0.15) is 0 Å². The smallest absolute Gasteiger partial charge is 0.414 e. The van der Waals surface area contributed by atoms with Crippen LogP contribution in [0.1, 0.15) is 24.5 Å². The zero-order chi connectivity index (χ0) is 26.5. The van der Waals surface area contributed by atoms with Crippen LogP contribution in [0.5, 0.6) is 5.75 Å². The first-order chi connectivity index (χ1) is 17.6. The maximum atomic E-state index is 14.3. The number of aliphatic hydroxyl groups is 1. The summed E-state index contributed by atoms with van der Waals surface area (Å²) in [5.74, 6) is 0.134. The van der Waals surface area contributed by atoms with Crippen LogP contribution in [0.2, 0.25) is 18.6 Å². The Hall–Kier alpha value is -2.92. The molecule has 198 valence electrons. The maximum absolute atomic E-state index is 14.3. The summed E-state index contributed by atoms with van der Waals surface area (Å²) in [6.45, 7) is 6.81. The van der Waals surface area contributed by atoms with Crippen molar-refractivity contribution in [3.8, 4) is 5.75 Å². The minimum atomic E-state index is -2.76. The number of carbonyl (C=O) groups excluding carboxylic acids is 2. The third kappa shape index (κ3) is 4.12. The average molecular weight is 527 g/mol. The van der Waals surface area contributed by atoms with Crippen LogP contribution in [0.4, 0.5) is 16.2 Å². The van der Waals surface area contributed by atoms with E-state index in [2.05, 4.69) is 0 Å². The molecule has 9 nitrogen and oxygen atoms in total. The molecule has 2 aromatic rings. The average Bonchev–Trinajstić information content (AvgIpc) is 3.49. The number of rotatable bonds is 7. The van der Waals surface area contributed by atoms with Gasteiger partial charge in [-0.3, -0.25) is 9.69 Å². The van der Waals surface area contributed by atoms with Crippen LogP contribution >= 0.6 is 0 Å². The number of cyclic esters (lactones) is 1. The van der Waals surface area contributed by atoms with Gasteiger partial charge < -0.3 is 29.0 Å². The number of aliphatic hydroxyl groups excluding tert-OH is 1. The molecule has 2 amide bonds. The van der Waals surface area contributed by atoms with E-state index in [-0.39, 0.29) is 30.1 Å². The van der Waals surface area contributed by atoms with E-state index in [1.807, 2.05) is 62.5 Å². The molecule has 2 aromatic carbocycles. The van der Waals surface area contributed by atoms with Gasteiger partial charge in [-0.05, 0) is 55.4 Å². The highest BCUT2D eigenvalue weighted by molar-refractivity contribution is 6.71. The van der Waals surface area contributed by atoms with Gasteiger partial charge in [0, 0.05) is 29.3 Å². The van der Waals surface area contributed by atoms with Gasteiger partial charge in [-0.15, -0.1) is 0 Å². The molecule has 2 fully saturated rings. The molecule has 0 unspecified atom stereocenters. The van der Waals surface area contributed by atoms with E-state index in [1.54, 1.807) is 16.9 Å². The molecule has 3 heterocycles. The fourth-order valence-corrected chi connectivity index (χ4v) is 8.93. The number of amides is 2. The molecule has 2 N–H and O–H groups in total. The normalized spacial score (nSPS) is 27.2. The van der Waals surface area contributed by atoms with Crippen LogP contribution in [0.3, 0.4) is 0 Å². The van der Waals surface area contributed by atoms with Crippen molar-refractivity contribution in [2.45, 2.75) is 50.2 Å². The van der Waals surface area contributed by atoms with Gasteiger partial charge in [0.05, 0.1) is 32.0 Å². The first-order valence-electron chi connectivity index (χ1n) is 12.7. The molecule has 0 bridgehead atoms. The van der Waals surface area contributed by atoms with Gasteiger partial charge in [0.1, 0.15) is 12.4 Å². The first-order valence-corrected chi connectivity index (χ1v) is 15.7. The fourth-order valence-electron chi connectivity index (χ4n) is 6.33. The van der Waals surface area contributed by atoms with E-state index < -0.39 is 20.0 Å². The van der Waals surface area contributed by atoms with Gasteiger partial charge in [0.15, 0.2) is 13.9 Å². The van der Waals surface area contributed by atoms with Crippen LogP contribution in [-0.4, -0.2) is 63.2 Å². The zero-order valence-corrected chi connectivity index (χ0v) is 22.6. The topological polar surface area (TPSA) is 109 Å². The SMILES string of the molecule is COc1ccc2c(c1)[C@@]1(O[C@H](CCO)[C@@H]([Si](C)(C)O)[C@@H]1C)C(=O)N2Cc1ccc(N2CCOC2=O)cc1. The Morgan fingerprint density at radius 1 is 1.16 bits per heavy atom. The predicted octanol–water partition coefficient (Wildman–Crippen LogP) is 3.38. The Morgan fingerprint density at radius 3 is 2.49 bits per heavy atom. The highest BCUT2D eigenvalue weighted by Crippen LogP contribution is 2.60. The largest absolute Gasteiger partial charge is 0.497 e. The number of hydrogen-bond acceptors (Lipinski definition) is 7. The van der Waals surface area contributed by atoms with E-state index in [0.717, 1.165) is 22.5 Å². The molecule has 0 aliphatic carbocycles. The van der Waals surface area contributed by atoms with Crippen molar-refractivity contribution < 1.29 is 33.7 Å². The van der Waals surface area contributed by atoms with E-state index in [1.165, 1.54) is 0 Å². The molecule has 1 spiro atoms. The Labute approximate surface area is 217 Å². The van der Waals surface area contributed by atoms with Gasteiger partial charge in [0.25, 0.3) is 5.91 Å². The summed E-state index contributed by atoms with van der Waals surface area (Å²) in [7, 11) is -1.17. The van der Waals surface area contributed by atoms with Crippen molar-refractivity contribution in [3.63, 3.8) is 0 Å². The molecule has 5 rings (SSSR count). The quantitative estimate of drug-likeness (QED) is 0.533. The molecule has 0 saturated carbocycles. The lowest BCUT2D eigenvalue weighted by atomic mass is 9.82. The number of hydrogen-bond donors (Lipinski definition) is 2. The summed E-state index contributed by atoms with van der Waals surface area (Å²) in [5, 5.41) is 9.74. The van der Waals surface area contributed by atoms with E-state index in [0.29, 0.717) is 31.9 Å². The molecule has 0 aromatic heterocycles.